The van der Waals surface area contributed by atoms with Gasteiger partial charge in [0.1, 0.15) is 5.75 Å². The third kappa shape index (κ3) is 4.97. The number of hydrogen-bond donors (Lipinski definition) is 2. The van der Waals surface area contributed by atoms with Crippen molar-refractivity contribution in [3.8, 4) is 5.75 Å². The van der Waals surface area contributed by atoms with E-state index in [9.17, 15) is 9.59 Å². The van der Waals surface area contributed by atoms with Crippen molar-refractivity contribution in [1.29, 1.82) is 0 Å². The highest BCUT2D eigenvalue weighted by Crippen LogP contribution is 2.16. The number of para-hydroxylation sites is 1. The molecule has 1 aliphatic rings. The molecule has 2 N–H and O–H groups in total. The van der Waals surface area contributed by atoms with Crippen LogP contribution in [0.3, 0.4) is 0 Å². The lowest BCUT2D eigenvalue weighted by Crippen LogP contribution is -2.39. The molecule has 166 valence electrons. The number of rotatable bonds is 9. The molecular weight excluding hydrogens is 400 g/mol. The molecule has 10 nitrogen and oxygen atoms in total. The van der Waals surface area contributed by atoms with Gasteiger partial charge in [-0.25, -0.2) is 4.79 Å². The highest BCUT2D eigenvalue weighted by molar-refractivity contribution is 5.74. The van der Waals surface area contributed by atoms with Crippen LogP contribution in [0.15, 0.2) is 39.9 Å². The summed E-state index contributed by atoms with van der Waals surface area (Å²) < 4.78 is 14.4. The zero-order chi connectivity index (χ0) is 21.6. The predicted octanol–water partition coefficient (Wildman–Crippen LogP) is 0.636. The second kappa shape index (κ2) is 9.80. The average molecular weight is 428 g/mol. The standard InChI is InChI=1S/C21H28N6O4/c1-25-18-17(19(28)24-21(25)29)27(9-5-13-31-16-6-3-2-4-7-16)20(23-18)22-8-10-26-11-14-30-15-12-26/h2-4,6-7H,5,8-15H2,1H3,(H,22,23)(H,24,28,29). The van der Waals surface area contributed by atoms with Crippen molar-refractivity contribution >= 4 is 17.1 Å². The van der Waals surface area contributed by atoms with Gasteiger partial charge in [-0.1, -0.05) is 18.2 Å². The number of hydrogen-bond acceptors (Lipinski definition) is 7. The van der Waals surface area contributed by atoms with Gasteiger partial charge in [0, 0.05) is 39.8 Å². The molecule has 0 bridgehead atoms. The normalized spacial score (nSPS) is 14.7. The zero-order valence-electron chi connectivity index (χ0n) is 17.7. The van der Waals surface area contributed by atoms with E-state index in [-0.39, 0.29) is 0 Å². The Labute approximate surface area is 179 Å². The minimum absolute atomic E-state index is 0.367. The summed E-state index contributed by atoms with van der Waals surface area (Å²) in [4.78, 5) is 33.8. The Hall–Kier alpha value is -3.11. The molecule has 3 aromatic rings. The third-order valence-electron chi connectivity index (χ3n) is 5.36. The van der Waals surface area contributed by atoms with Crippen molar-refractivity contribution in [2.75, 3.05) is 51.3 Å². The van der Waals surface area contributed by atoms with Gasteiger partial charge in [-0.3, -0.25) is 19.2 Å². The summed E-state index contributed by atoms with van der Waals surface area (Å²) in [6.07, 6.45) is 0.681. The van der Waals surface area contributed by atoms with Crippen LogP contribution in [0.2, 0.25) is 0 Å². The Kier molecular flexibility index (Phi) is 6.68. The summed E-state index contributed by atoms with van der Waals surface area (Å²) in [5.41, 5.74) is -0.160. The zero-order valence-corrected chi connectivity index (χ0v) is 17.7. The van der Waals surface area contributed by atoms with Crippen LogP contribution in [0.4, 0.5) is 5.95 Å². The smallest absolute Gasteiger partial charge is 0.329 e. The summed E-state index contributed by atoms with van der Waals surface area (Å²) >= 11 is 0. The average Bonchev–Trinajstić information content (AvgIpc) is 3.16. The molecule has 4 rings (SSSR count). The van der Waals surface area contributed by atoms with Gasteiger partial charge >= 0.3 is 5.69 Å². The predicted molar refractivity (Wildman–Crippen MR) is 118 cm³/mol. The summed E-state index contributed by atoms with van der Waals surface area (Å²) in [5, 5.41) is 3.34. The van der Waals surface area contributed by atoms with Gasteiger partial charge in [0.15, 0.2) is 11.2 Å². The van der Waals surface area contributed by atoms with E-state index in [0.717, 1.165) is 38.6 Å². The Balaban J connectivity index is 1.49. The first-order valence-electron chi connectivity index (χ1n) is 10.5. The van der Waals surface area contributed by atoms with Gasteiger partial charge in [0.2, 0.25) is 5.95 Å². The minimum Gasteiger partial charge on any atom is -0.494 e. The molecule has 0 saturated carbocycles. The number of aromatic nitrogens is 4. The third-order valence-corrected chi connectivity index (χ3v) is 5.36. The van der Waals surface area contributed by atoms with Crippen molar-refractivity contribution in [2.24, 2.45) is 7.05 Å². The molecule has 3 heterocycles. The number of morpholine rings is 1. The van der Waals surface area contributed by atoms with Crippen molar-refractivity contribution in [1.82, 2.24) is 24.0 Å². The lowest BCUT2D eigenvalue weighted by Gasteiger charge is -2.26. The number of aryl methyl sites for hydroxylation is 2. The van der Waals surface area contributed by atoms with Gasteiger partial charge < -0.3 is 19.4 Å². The molecule has 0 atom stereocenters. The molecule has 10 heteroatoms. The molecule has 0 unspecified atom stereocenters. The van der Waals surface area contributed by atoms with Crippen LogP contribution in [0.25, 0.3) is 11.2 Å². The van der Waals surface area contributed by atoms with Crippen molar-refractivity contribution in [3.05, 3.63) is 51.2 Å². The largest absolute Gasteiger partial charge is 0.494 e. The van der Waals surface area contributed by atoms with E-state index in [1.54, 1.807) is 7.05 Å². The Bertz CT molecular complexity index is 1110. The number of H-pyrrole nitrogens is 1. The number of aromatic amines is 1. The lowest BCUT2D eigenvalue weighted by atomic mass is 10.3. The molecule has 1 fully saturated rings. The van der Waals surface area contributed by atoms with Crippen LogP contribution in [0.1, 0.15) is 6.42 Å². The van der Waals surface area contributed by atoms with Crippen LogP contribution in [0, 0.1) is 0 Å². The number of benzene rings is 1. The van der Waals surface area contributed by atoms with Crippen LogP contribution in [-0.2, 0) is 18.3 Å². The number of imidazole rings is 1. The second-order valence-electron chi connectivity index (χ2n) is 7.47. The molecule has 0 radical (unpaired) electrons. The van der Waals surface area contributed by atoms with Crippen LogP contribution in [0.5, 0.6) is 5.75 Å². The Morgan fingerprint density at radius 3 is 2.71 bits per heavy atom. The van der Waals surface area contributed by atoms with E-state index < -0.39 is 11.2 Å². The van der Waals surface area contributed by atoms with Gasteiger partial charge in [-0.05, 0) is 18.6 Å². The van der Waals surface area contributed by atoms with Crippen LogP contribution >= 0.6 is 0 Å². The Morgan fingerprint density at radius 1 is 1.16 bits per heavy atom. The summed E-state index contributed by atoms with van der Waals surface area (Å²) in [6, 6.07) is 9.61. The quantitative estimate of drug-likeness (QED) is 0.482. The van der Waals surface area contributed by atoms with Gasteiger partial charge in [-0.15, -0.1) is 0 Å². The second-order valence-corrected chi connectivity index (χ2v) is 7.47. The SMILES string of the molecule is Cn1c(=O)[nH]c(=O)c2c1nc(NCCN1CCOCC1)n2CCCOc1ccccc1. The lowest BCUT2D eigenvalue weighted by molar-refractivity contribution is 0.0398. The maximum absolute atomic E-state index is 12.6. The van der Waals surface area contributed by atoms with Gasteiger partial charge in [0.05, 0.1) is 19.8 Å². The molecule has 1 aromatic carbocycles. The number of ether oxygens (including phenoxy) is 2. The van der Waals surface area contributed by atoms with Gasteiger partial charge in [0.25, 0.3) is 5.56 Å². The first kappa shape index (κ1) is 21.1. The molecular formula is C21H28N6O4. The summed E-state index contributed by atoms with van der Waals surface area (Å²) in [6.45, 7) is 5.86. The van der Waals surface area contributed by atoms with Crippen molar-refractivity contribution in [3.63, 3.8) is 0 Å². The van der Waals surface area contributed by atoms with E-state index >= 15 is 0 Å². The highest BCUT2D eigenvalue weighted by Gasteiger charge is 2.17. The van der Waals surface area contributed by atoms with E-state index in [2.05, 4.69) is 20.2 Å². The Morgan fingerprint density at radius 2 is 1.94 bits per heavy atom. The fourth-order valence-electron chi connectivity index (χ4n) is 3.67. The first-order chi connectivity index (χ1) is 15.1. The first-order valence-corrected chi connectivity index (χ1v) is 10.5. The monoisotopic (exact) mass is 428 g/mol. The van der Waals surface area contributed by atoms with E-state index in [0.29, 0.717) is 43.2 Å². The van der Waals surface area contributed by atoms with E-state index in [1.807, 2.05) is 34.9 Å². The van der Waals surface area contributed by atoms with Gasteiger partial charge in [-0.2, -0.15) is 4.98 Å². The molecule has 1 aliphatic heterocycles. The number of fused-ring (bicyclic) bond motifs is 1. The summed E-state index contributed by atoms with van der Waals surface area (Å²) in [5.74, 6) is 1.39. The summed E-state index contributed by atoms with van der Waals surface area (Å²) in [7, 11) is 1.61. The van der Waals surface area contributed by atoms with Crippen molar-refractivity contribution in [2.45, 2.75) is 13.0 Å². The fourth-order valence-corrected chi connectivity index (χ4v) is 3.67. The molecule has 1 saturated heterocycles. The van der Waals surface area contributed by atoms with Crippen LogP contribution in [-0.4, -0.2) is 70.0 Å². The molecule has 0 aliphatic carbocycles. The van der Waals surface area contributed by atoms with E-state index in [4.69, 9.17) is 9.47 Å². The van der Waals surface area contributed by atoms with Crippen LogP contribution < -0.4 is 21.3 Å². The molecule has 31 heavy (non-hydrogen) atoms. The van der Waals surface area contributed by atoms with E-state index in [1.165, 1.54) is 4.57 Å². The molecule has 2 aromatic heterocycles. The fraction of sp³-hybridized carbons (Fsp3) is 0.476. The maximum atomic E-state index is 12.6. The number of nitrogens with one attached hydrogen (secondary N) is 2. The molecule has 0 amide bonds. The number of nitrogens with zero attached hydrogens (tertiary/aromatic N) is 4. The molecule has 0 spiro atoms. The minimum atomic E-state index is -0.477. The topological polar surface area (TPSA) is 106 Å². The van der Waals surface area contributed by atoms with Crippen molar-refractivity contribution < 1.29 is 9.47 Å². The number of anilines is 1. The highest BCUT2D eigenvalue weighted by atomic mass is 16.5. The maximum Gasteiger partial charge on any atom is 0.329 e.